The molecule has 0 saturated heterocycles. The maximum absolute atomic E-state index is 12.3. The van der Waals surface area contributed by atoms with E-state index in [0.29, 0.717) is 42.3 Å². The molecule has 0 radical (unpaired) electrons. The highest BCUT2D eigenvalue weighted by Gasteiger charge is 2.16. The predicted molar refractivity (Wildman–Crippen MR) is 109 cm³/mol. The predicted octanol–water partition coefficient (Wildman–Crippen LogP) is 4.15. The van der Waals surface area contributed by atoms with Gasteiger partial charge >= 0.3 is 0 Å². The van der Waals surface area contributed by atoms with Crippen LogP contribution in [0.5, 0.6) is 0 Å². The number of carbonyl (C=O) groups is 1. The first-order chi connectivity index (χ1) is 12.8. The van der Waals surface area contributed by atoms with Gasteiger partial charge in [0.05, 0.1) is 6.61 Å². The SMILES string of the molecule is COCCNC(=O)c1cc(Nc2c(C(C)C)cccc2C(C)C)nc(C)n1. The number of hydrogen-bond donors (Lipinski definition) is 2. The van der Waals surface area contributed by atoms with Crippen molar-refractivity contribution in [3.8, 4) is 0 Å². The van der Waals surface area contributed by atoms with Crippen molar-refractivity contribution in [2.24, 2.45) is 0 Å². The first-order valence-electron chi connectivity index (χ1n) is 9.36. The molecule has 0 aliphatic rings. The number of para-hydroxylation sites is 1. The molecule has 1 aromatic carbocycles. The van der Waals surface area contributed by atoms with Gasteiger partial charge in [-0.05, 0) is 29.9 Å². The molecule has 27 heavy (non-hydrogen) atoms. The quantitative estimate of drug-likeness (QED) is 0.683. The number of nitrogens with zero attached hydrogens (tertiary/aromatic N) is 2. The van der Waals surface area contributed by atoms with Crippen LogP contribution >= 0.6 is 0 Å². The largest absolute Gasteiger partial charge is 0.383 e. The first-order valence-corrected chi connectivity index (χ1v) is 9.36. The maximum atomic E-state index is 12.3. The summed E-state index contributed by atoms with van der Waals surface area (Å²) < 4.78 is 4.97. The number of benzene rings is 1. The van der Waals surface area contributed by atoms with E-state index in [4.69, 9.17) is 4.74 Å². The van der Waals surface area contributed by atoms with Gasteiger partial charge in [0.15, 0.2) is 0 Å². The second-order valence-electron chi connectivity index (χ2n) is 7.18. The van der Waals surface area contributed by atoms with Gasteiger partial charge in [-0.2, -0.15) is 0 Å². The van der Waals surface area contributed by atoms with Crippen LogP contribution in [0.2, 0.25) is 0 Å². The van der Waals surface area contributed by atoms with Crippen molar-refractivity contribution >= 4 is 17.4 Å². The van der Waals surface area contributed by atoms with E-state index >= 15 is 0 Å². The molecule has 1 aromatic heterocycles. The highest BCUT2D eigenvalue weighted by atomic mass is 16.5. The number of nitrogens with one attached hydrogen (secondary N) is 2. The molecule has 146 valence electrons. The van der Waals surface area contributed by atoms with E-state index in [2.05, 4.69) is 66.5 Å². The van der Waals surface area contributed by atoms with Gasteiger partial charge in [0.25, 0.3) is 5.91 Å². The molecule has 6 heteroatoms. The molecule has 0 aliphatic carbocycles. The summed E-state index contributed by atoms with van der Waals surface area (Å²) in [5.74, 6) is 1.66. The smallest absolute Gasteiger partial charge is 0.270 e. The maximum Gasteiger partial charge on any atom is 0.270 e. The summed E-state index contributed by atoms with van der Waals surface area (Å²) in [6.45, 7) is 11.4. The van der Waals surface area contributed by atoms with E-state index in [0.717, 1.165) is 5.69 Å². The molecule has 1 amide bonds. The van der Waals surface area contributed by atoms with Crippen LogP contribution in [0.25, 0.3) is 0 Å². The minimum absolute atomic E-state index is 0.234. The van der Waals surface area contributed by atoms with Crippen molar-refractivity contribution in [2.75, 3.05) is 25.6 Å². The Kier molecular flexibility index (Phi) is 7.30. The number of aromatic nitrogens is 2. The highest BCUT2D eigenvalue weighted by molar-refractivity contribution is 5.93. The van der Waals surface area contributed by atoms with Crippen molar-refractivity contribution in [1.82, 2.24) is 15.3 Å². The van der Waals surface area contributed by atoms with Crippen LogP contribution < -0.4 is 10.6 Å². The molecular weight excluding hydrogens is 340 g/mol. The van der Waals surface area contributed by atoms with Crippen LogP contribution in [0.1, 0.15) is 67.0 Å². The normalized spacial score (nSPS) is 11.1. The summed E-state index contributed by atoms with van der Waals surface area (Å²) in [5, 5.41) is 6.25. The number of methoxy groups -OCH3 is 1. The van der Waals surface area contributed by atoms with Crippen LogP contribution in [0.3, 0.4) is 0 Å². The zero-order valence-electron chi connectivity index (χ0n) is 17.1. The lowest BCUT2D eigenvalue weighted by molar-refractivity contribution is 0.0931. The molecule has 0 bridgehead atoms. The fourth-order valence-corrected chi connectivity index (χ4v) is 2.93. The fraction of sp³-hybridized carbons (Fsp3) is 0.476. The Labute approximate surface area is 161 Å². The Balaban J connectivity index is 2.36. The second kappa shape index (κ2) is 9.46. The summed E-state index contributed by atoms with van der Waals surface area (Å²) in [6, 6.07) is 8.04. The highest BCUT2D eigenvalue weighted by Crippen LogP contribution is 2.34. The number of hydrogen-bond acceptors (Lipinski definition) is 5. The molecule has 1 heterocycles. The number of aryl methyl sites for hydroxylation is 1. The molecule has 2 aromatic rings. The Morgan fingerprint density at radius 2 is 1.74 bits per heavy atom. The van der Waals surface area contributed by atoms with Crippen molar-refractivity contribution in [3.05, 3.63) is 46.9 Å². The fourth-order valence-electron chi connectivity index (χ4n) is 2.93. The monoisotopic (exact) mass is 370 g/mol. The Morgan fingerprint density at radius 3 is 2.30 bits per heavy atom. The molecule has 0 atom stereocenters. The number of amides is 1. The third-order valence-electron chi connectivity index (χ3n) is 4.29. The van der Waals surface area contributed by atoms with Crippen molar-refractivity contribution in [2.45, 2.75) is 46.5 Å². The van der Waals surface area contributed by atoms with E-state index in [-0.39, 0.29) is 5.91 Å². The molecular formula is C21H30N4O2. The molecule has 0 fully saturated rings. The minimum atomic E-state index is -0.234. The van der Waals surface area contributed by atoms with Gasteiger partial charge in [-0.15, -0.1) is 0 Å². The minimum Gasteiger partial charge on any atom is -0.383 e. The van der Waals surface area contributed by atoms with E-state index in [1.807, 2.05) is 0 Å². The summed E-state index contributed by atoms with van der Waals surface area (Å²) >= 11 is 0. The van der Waals surface area contributed by atoms with Gasteiger partial charge in [0, 0.05) is 25.4 Å². The van der Waals surface area contributed by atoms with Crippen LogP contribution in [0.4, 0.5) is 11.5 Å². The van der Waals surface area contributed by atoms with Gasteiger partial charge in [0.2, 0.25) is 0 Å². The molecule has 0 aliphatic heterocycles. The molecule has 6 nitrogen and oxygen atoms in total. The third-order valence-corrected chi connectivity index (χ3v) is 4.29. The van der Waals surface area contributed by atoms with E-state index in [1.54, 1.807) is 20.1 Å². The summed E-state index contributed by atoms with van der Waals surface area (Å²) in [7, 11) is 1.60. The standard InChI is InChI=1S/C21H30N4O2/c1-13(2)16-8-7-9-17(14(3)4)20(16)25-19-12-18(23-15(5)24-19)21(26)22-10-11-27-6/h7-9,12-14H,10-11H2,1-6H3,(H,22,26)(H,23,24,25). The van der Waals surface area contributed by atoms with Crippen molar-refractivity contribution in [3.63, 3.8) is 0 Å². The summed E-state index contributed by atoms with van der Waals surface area (Å²) in [5.41, 5.74) is 3.85. The Hall–Kier alpha value is -2.47. The van der Waals surface area contributed by atoms with Crippen LogP contribution in [0, 0.1) is 6.92 Å². The van der Waals surface area contributed by atoms with E-state index < -0.39 is 0 Å². The number of rotatable bonds is 8. The molecule has 2 rings (SSSR count). The van der Waals surface area contributed by atoms with Crippen LogP contribution in [-0.2, 0) is 4.74 Å². The second-order valence-corrected chi connectivity index (χ2v) is 7.18. The van der Waals surface area contributed by atoms with Crippen LogP contribution in [0.15, 0.2) is 24.3 Å². The van der Waals surface area contributed by atoms with Gasteiger partial charge in [-0.3, -0.25) is 4.79 Å². The number of ether oxygens (including phenoxy) is 1. The van der Waals surface area contributed by atoms with Gasteiger partial charge in [-0.25, -0.2) is 9.97 Å². The van der Waals surface area contributed by atoms with E-state index in [1.165, 1.54) is 11.1 Å². The third kappa shape index (κ3) is 5.50. The average molecular weight is 370 g/mol. The van der Waals surface area contributed by atoms with Gasteiger partial charge < -0.3 is 15.4 Å². The lowest BCUT2D eigenvalue weighted by Crippen LogP contribution is -2.28. The number of anilines is 2. The molecule has 0 saturated carbocycles. The lowest BCUT2D eigenvalue weighted by atomic mass is 9.92. The summed E-state index contributed by atoms with van der Waals surface area (Å²) in [4.78, 5) is 21.1. The Morgan fingerprint density at radius 1 is 1.11 bits per heavy atom. The molecule has 0 spiro atoms. The Bertz CT molecular complexity index is 761. The van der Waals surface area contributed by atoms with Crippen molar-refractivity contribution in [1.29, 1.82) is 0 Å². The van der Waals surface area contributed by atoms with Crippen LogP contribution in [-0.4, -0.2) is 36.1 Å². The molecule has 0 unspecified atom stereocenters. The summed E-state index contributed by atoms with van der Waals surface area (Å²) in [6.07, 6.45) is 0. The first kappa shape index (κ1) is 20.8. The topological polar surface area (TPSA) is 76.1 Å². The zero-order chi connectivity index (χ0) is 20.0. The molecule has 2 N–H and O–H groups in total. The van der Waals surface area contributed by atoms with Gasteiger partial charge in [0.1, 0.15) is 17.3 Å². The van der Waals surface area contributed by atoms with Gasteiger partial charge in [-0.1, -0.05) is 45.9 Å². The average Bonchev–Trinajstić information content (AvgIpc) is 2.61. The number of carbonyl (C=O) groups excluding carboxylic acids is 1. The van der Waals surface area contributed by atoms with Crippen molar-refractivity contribution < 1.29 is 9.53 Å². The zero-order valence-corrected chi connectivity index (χ0v) is 17.1. The lowest BCUT2D eigenvalue weighted by Gasteiger charge is -2.21. The van der Waals surface area contributed by atoms with E-state index in [9.17, 15) is 4.79 Å².